The van der Waals surface area contributed by atoms with Gasteiger partial charge in [0.15, 0.2) is 0 Å². The molecule has 0 amide bonds. The summed E-state index contributed by atoms with van der Waals surface area (Å²) in [4.78, 5) is 10.7. The van der Waals surface area contributed by atoms with Gasteiger partial charge in [0.1, 0.15) is 6.29 Å². The van der Waals surface area contributed by atoms with Crippen LogP contribution in [0.1, 0.15) is 24.2 Å². The van der Waals surface area contributed by atoms with Crippen molar-refractivity contribution in [3.8, 4) is 0 Å². The van der Waals surface area contributed by atoms with Gasteiger partial charge >= 0.3 is 0 Å². The first-order chi connectivity index (χ1) is 7.20. The lowest BCUT2D eigenvalue weighted by molar-refractivity contribution is 0.112. The molecule has 0 aliphatic heterocycles. The number of hydrogen-bond donors (Lipinski definition) is 0. The SMILES string of the molecule is CC(C)Cn1ccc2ccc(C=O)cc21. The van der Waals surface area contributed by atoms with Crippen LogP contribution in [0.2, 0.25) is 0 Å². The first-order valence-electron chi connectivity index (χ1n) is 5.25. The molecule has 78 valence electrons. The minimum absolute atomic E-state index is 0.612. The van der Waals surface area contributed by atoms with E-state index < -0.39 is 0 Å². The van der Waals surface area contributed by atoms with Crippen LogP contribution in [0.15, 0.2) is 30.5 Å². The fraction of sp³-hybridized carbons (Fsp3) is 0.308. The molecule has 2 heteroatoms. The second kappa shape index (κ2) is 3.89. The summed E-state index contributed by atoms with van der Waals surface area (Å²) in [6.07, 6.45) is 2.98. The third-order valence-corrected chi connectivity index (χ3v) is 2.50. The number of hydrogen-bond acceptors (Lipinski definition) is 1. The van der Waals surface area contributed by atoms with Crippen LogP contribution < -0.4 is 0 Å². The Morgan fingerprint density at radius 3 is 2.80 bits per heavy atom. The summed E-state index contributed by atoms with van der Waals surface area (Å²) in [6.45, 7) is 5.37. The number of nitrogens with zero attached hydrogens (tertiary/aromatic N) is 1. The zero-order valence-corrected chi connectivity index (χ0v) is 9.10. The van der Waals surface area contributed by atoms with Crippen LogP contribution in [0.3, 0.4) is 0 Å². The third-order valence-electron chi connectivity index (χ3n) is 2.50. The zero-order chi connectivity index (χ0) is 10.8. The molecule has 1 heterocycles. The molecular weight excluding hydrogens is 186 g/mol. The van der Waals surface area contributed by atoms with Crippen LogP contribution in [-0.4, -0.2) is 10.9 Å². The van der Waals surface area contributed by atoms with Gasteiger partial charge in [-0.25, -0.2) is 0 Å². The van der Waals surface area contributed by atoms with E-state index >= 15 is 0 Å². The first-order valence-corrected chi connectivity index (χ1v) is 5.25. The van der Waals surface area contributed by atoms with E-state index in [-0.39, 0.29) is 0 Å². The summed E-state index contributed by atoms with van der Waals surface area (Å²) in [6, 6.07) is 7.89. The molecule has 1 aromatic heterocycles. The molecule has 0 atom stereocenters. The van der Waals surface area contributed by atoms with Crippen molar-refractivity contribution in [3.63, 3.8) is 0 Å². The smallest absolute Gasteiger partial charge is 0.150 e. The Hall–Kier alpha value is -1.57. The fourth-order valence-corrected chi connectivity index (χ4v) is 1.83. The van der Waals surface area contributed by atoms with E-state index in [1.165, 1.54) is 5.39 Å². The maximum atomic E-state index is 10.7. The molecule has 0 N–H and O–H groups in total. The number of benzene rings is 1. The quantitative estimate of drug-likeness (QED) is 0.699. The predicted molar refractivity (Wildman–Crippen MR) is 62.2 cm³/mol. The summed E-state index contributed by atoms with van der Waals surface area (Å²) in [7, 11) is 0. The van der Waals surface area contributed by atoms with Gasteiger partial charge in [-0.3, -0.25) is 4.79 Å². The summed E-state index contributed by atoms with van der Waals surface area (Å²) in [5, 5.41) is 1.20. The van der Waals surface area contributed by atoms with Crippen molar-refractivity contribution in [1.82, 2.24) is 4.57 Å². The number of carbonyl (C=O) groups is 1. The average molecular weight is 201 g/mol. The van der Waals surface area contributed by atoms with Gasteiger partial charge in [-0.1, -0.05) is 26.0 Å². The minimum atomic E-state index is 0.612. The third kappa shape index (κ3) is 1.94. The molecule has 0 radical (unpaired) electrons. The topological polar surface area (TPSA) is 22.0 Å². The Balaban J connectivity index is 2.51. The van der Waals surface area contributed by atoms with Crippen LogP contribution in [-0.2, 0) is 6.54 Å². The van der Waals surface area contributed by atoms with Crippen LogP contribution >= 0.6 is 0 Å². The second-order valence-electron chi connectivity index (χ2n) is 4.30. The van der Waals surface area contributed by atoms with Gasteiger partial charge in [0.05, 0.1) is 0 Å². The molecule has 0 spiro atoms. The van der Waals surface area contributed by atoms with E-state index in [2.05, 4.69) is 30.7 Å². The van der Waals surface area contributed by atoms with E-state index in [4.69, 9.17) is 0 Å². The van der Waals surface area contributed by atoms with Gasteiger partial charge in [-0.05, 0) is 23.4 Å². The monoisotopic (exact) mass is 201 g/mol. The number of carbonyl (C=O) groups excluding carboxylic acids is 1. The number of fused-ring (bicyclic) bond motifs is 1. The number of rotatable bonds is 3. The molecule has 2 aromatic rings. The van der Waals surface area contributed by atoms with E-state index in [1.54, 1.807) is 0 Å². The Labute approximate surface area is 89.5 Å². The Morgan fingerprint density at radius 2 is 2.13 bits per heavy atom. The molecule has 0 bridgehead atoms. The molecule has 0 aliphatic carbocycles. The highest BCUT2D eigenvalue weighted by molar-refractivity contribution is 5.87. The normalized spacial score (nSPS) is 11.1. The molecule has 2 nitrogen and oxygen atoms in total. The summed E-state index contributed by atoms with van der Waals surface area (Å²) >= 11 is 0. The summed E-state index contributed by atoms with van der Waals surface area (Å²) < 4.78 is 2.20. The van der Waals surface area contributed by atoms with Crippen LogP contribution in [0.25, 0.3) is 10.9 Å². The van der Waals surface area contributed by atoms with Crippen LogP contribution in [0.5, 0.6) is 0 Å². The highest BCUT2D eigenvalue weighted by Crippen LogP contribution is 2.18. The molecule has 0 unspecified atom stereocenters. The van der Waals surface area contributed by atoms with E-state index in [1.807, 2.05) is 18.2 Å². The van der Waals surface area contributed by atoms with Gasteiger partial charge in [0.25, 0.3) is 0 Å². The first kappa shape index (κ1) is 9.97. The molecule has 1 aromatic carbocycles. The van der Waals surface area contributed by atoms with Crippen molar-refractivity contribution in [2.24, 2.45) is 5.92 Å². The highest BCUT2D eigenvalue weighted by atomic mass is 16.1. The molecule has 15 heavy (non-hydrogen) atoms. The van der Waals surface area contributed by atoms with Crippen LogP contribution in [0.4, 0.5) is 0 Å². The van der Waals surface area contributed by atoms with Gasteiger partial charge in [0, 0.05) is 23.8 Å². The van der Waals surface area contributed by atoms with Gasteiger partial charge in [-0.2, -0.15) is 0 Å². The minimum Gasteiger partial charge on any atom is -0.347 e. The lowest BCUT2D eigenvalue weighted by Gasteiger charge is -2.08. The van der Waals surface area contributed by atoms with Crippen molar-refractivity contribution < 1.29 is 4.79 Å². The summed E-state index contributed by atoms with van der Waals surface area (Å²) in [5.41, 5.74) is 1.89. The van der Waals surface area contributed by atoms with E-state index in [0.717, 1.165) is 23.9 Å². The van der Waals surface area contributed by atoms with Crippen molar-refractivity contribution in [3.05, 3.63) is 36.0 Å². The standard InChI is InChI=1S/C13H15NO/c1-10(2)8-14-6-5-12-4-3-11(9-15)7-13(12)14/h3-7,9-10H,8H2,1-2H3. The molecule has 0 aliphatic rings. The lowest BCUT2D eigenvalue weighted by atomic mass is 10.2. The van der Waals surface area contributed by atoms with Gasteiger partial charge < -0.3 is 4.57 Å². The lowest BCUT2D eigenvalue weighted by Crippen LogP contribution is -2.02. The Bertz CT molecular complexity index is 482. The van der Waals surface area contributed by atoms with Crippen LogP contribution in [0, 0.1) is 5.92 Å². The van der Waals surface area contributed by atoms with Crippen molar-refractivity contribution >= 4 is 17.2 Å². The predicted octanol–water partition coefficient (Wildman–Crippen LogP) is 3.11. The number of aromatic nitrogens is 1. The Kier molecular flexibility index (Phi) is 2.58. The highest BCUT2D eigenvalue weighted by Gasteiger charge is 2.03. The maximum Gasteiger partial charge on any atom is 0.150 e. The molecule has 2 rings (SSSR count). The van der Waals surface area contributed by atoms with Gasteiger partial charge in [0.2, 0.25) is 0 Å². The Morgan fingerprint density at radius 1 is 1.33 bits per heavy atom. The van der Waals surface area contributed by atoms with Crippen molar-refractivity contribution in [2.75, 3.05) is 0 Å². The summed E-state index contributed by atoms with van der Waals surface area (Å²) in [5.74, 6) is 0.612. The second-order valence-corrected chi connectivity index (χ2v) is 4.30. The largest absolute Gasteiger partial charge is 0.347 e. The molecule has 0 saturated carbocycles. The molecule has 0 saturated heterocycles. The molecular formula is C13H15NO. The van der Waals surface area contributed by atoms with Crippen molar-refractivity contribution in [1.29, 1.82) is 0 Å². The fourth-order valence-electron chi connectivity index (χ4n) is 1.83. The number of aldehydes is 1. The molecule has 0 fully saturated rings. The van der Waals surface area contributed by atoms with Gasteiger partial charge in [-0.15, -0.1) is 0 Å². The van der Waals surface area contributed by atoms with E-state index in [0.29, 0.717) is 5.92 Å². The zero-order valence-electron chi connectivity index (χ0n) is 9.10. The average Bonchev–Trinajstić information content (AvgIpc) is 2.60. The van der Waals surface area contributed by atoms with Crippen molar-refractivity contribution in [2.45, 2.75) is 20.4 Å². The maximum absolute atomic E-state index is 10.7. The van der Waals surface area contributed by atoms with E-state index in [9.17, 15) is 4.79 Å².